The highest BCUT2D eigenvalue weighted by molar-refractivity contribution is 6.01. The number of phenols is 1. The molecular formula is C22H23N3O. The highest BCUT2D eigenvalue weighted by Gasteiger charge is 2.17. The van der Waals surface area contributed by atoms with Crippen molar-refractivity contribution in [2.75, 3.05) is 0 Å². The van der Waals surface area contributed by atoms with Gasteiger partial charge in [-0.1, -0.05) is 50.1 Å². The minimum absolute atomic E-state index is 0.309. The minimum atomic E-state index is 0.309. The number of imidazole rings is 1. The van der Waals surface area contributed by atoms with E-state index in [1.165, 1.54) is 18.4 Å². The molecule has 0 aliphatic carbocycles. The van der Waals surface area contributed by atoms with Crippen LogP contribution in [0.5, 0.6) is 5.75 Å². The van der Waals surface area contributed by atoms with E-state index in [1.54, 1.807) is 12.1 Å². The number of nitrogens with zero attached hydrogens (tertiary/aromatic N) is 3. The zero-order valence-corrected chi connectivity index (χ0v) is 15.0. The van der Waals surface area contributed by atoms with Gasteiger partial charge in [-0.25, -0.2) is 4.98 Å². The molecule has 0 amide bonds. The monoisotopic (exact) mass is 345 g/mol. The molecule has 0 fully saturated rings. The van der Waals surface area contributed by atoms with Gasteiger partial charge in [-0.05, 0) is 36.6 Å². The molecule has 2 aromatic heterocycles. The fourth-order valence-electron chi connectivity index (χ4n) is 3.62. The Labute approximate surface area is 153 Å². The van der Waals surface area contributed by atoms with E-state index in [9.17, 15) is 5.11 Å². The molecule has 0 aliphatic heterocycles. The number of aromatic hydroxyl groups is 1. The SMILES string of the molecule is CCCC[C@H](Cc1ccc(O)cc1)n1cnc2cnc3ccccc3c21. The lowest BCUT2D eigenvalue weighted by molar-refractivity contribution is 0.454. The topological polar surface area (TPSA) is 50.9 Å². The molecule has 2 heterocycles. The summed E-state index contributed by atoms with van der Waals surface area (Å²) >= 11 is 0. The predicted molar refractivity (Wildman–Crippen MR) is 105 cm³/mol. The Hall–Kier alpha value is -2.88. The fourth-order valence-corrected chi connectivity index (χ4v) is 3.62. The molecule has 4 heteroatoms. The molecule has 0 unspecified atom stereocenters. The zero-order valence-electron chi connectivity index (χ0n) is 15.0. The molecule has 0 saturated heterocycles. The fraction of sp³-hybridized carbons (Fsp3) is 0.273. The van der Waals surface area contributed by atoms with Gasteiger partial charge in [0.2, 0.25) is 0 Å². The summed E-state index contributed by atoms with van der Waals surface area (Å²) in [5.74, 6) is 0.309. The lowest BCUT2D eigenvalue weighted by Gasteiger charge is -2.20. The molecule has 0 spiro atoms. The molecular weight excluding hydrogens is 322 g/mol. The van der Waals surface area contributed by atoms with Crippen LogP contribution in [0, 0.1) is 0 Å². The number of rotatable bonds is 6. The van der Waals surface area contributed by atoms with Crippen LogP contribution in [0.3, 0.4) is 0 Å². The lowest BCUT2D eigenvalue weighted by atomic mass is 10.00. The van der Waals surface area contributed by atoms with Gasteiger partial charge in [0.05, 0.1) is 23.6 Å². The second-order valence-electron chi connectivity index (χ2n) is 6.83. The summed E-state index contributed by atoms with van der Waals surface area (Å²) in [6, 6.07) is 16.1. The van der Waals surface area contributed by atoms with Crippen molar-refractivity contribution in [2.24, 2.45) is 0 Å². The molecule has 0 bridgehead atoms. The van der Waals surface area contributed by atoms with Crippen molar-refractivity contribution in [3.63, 3.8) is 0 Å². The van der Waals surface area contributed by atoms with Crippen molar-refractivity contribution in [2.45, 2.75) is 38.6 Å². The maximum absolute atomic E-state index is 9.55. The van der Waals surface area contributed by atoms with Gasteiger partial charge in [-0.3, -0.25) is 4.98 Å². The van der Waals surface area contributed by atoms with Crippen LogP contribution in [0.15, 0.2) is 61.1 Å². The second-order valence-corrected chi connectivity index (χ2v) is 6.83. The van der Waals surface area contributed by atoms with Crippen LogP contribution in [-0.2, 0) is 6.42 Å². The Morgan fingerprint density at radius 1 is 1.00 bits per heavy atom. The minimum Gasteiger partial charge on any atom is -0.508 e. The molecule has 0 saturated carbocycles. The van der Waals surface area contributed by atoms with Crippen LogP contribution in [-0.4, -0.2) is 19.6 Å². The number of benzene rings is 2. The van der Waals surface area contributed by atoms with Crippen molar-refractivity contribution in [3.05, 3.63) is 66.6 Å². The molecule has 2 aromatic carbocycles. The van der Waals surface area contributed by atoms with Crippen molar-refractivity contribution >= 4 is 21.9 Å². The van der Waals surface area contributed by atoms with E-state index in [0.717, 1.165) is 34.8 Å². The highest BCUT2D eigenvalue weighted by atomic mass is 16.3. The summed E-state index contributed by atoms with van der Waals surface area (Å²) < 4.78 is 2.32. The van der Waals surface area contributed by atoms with Crippen molar-refractivity contribution < 1.29 is 5.11 Å². The van der Waals surface area contributed by atoms with E-state index in [-0.39, 0.29) is 0 Å². The summed E-state index contributed by atoms with van der Waals surface area (Å²) in [6.45, 7) is 2.23. The first-order chi connectivity index (χ1) is 12.8. The number of phenolic OH excluding ortho intramolecular Hbond substituents is 1. The van der Waals surface area contributed by atoms with Gasteiger partial charge in [0.15, 0.2) is 0 Å². The van der Waals surface area contributed by atoms with Gasteiger partial charge in [-0.2, -0.15) is 0 Å². The Kier molecular flexibility index (Phi) is 4.57. The van der Waals surface area contributed by atoms with E-state index in [2.05, 4.69) is 33.6 Å². The zero-order chi connectivity index (χ0) is 17.9. The number of pyridine rings is 1. The number of hydrogen-bond donors (Lipinski definition) is 1. The first-order valence-corrected chi connectivity index (χ1v) is 9.24. The third kappa shape index (κ3) is 3.15. The lowest BCUT2D eigenvalue weighted by Crippen LogP contribution is -2.11. The highest BCUT2D eigenvalue weighted by Crippen LogP contribution is 2.29. The van der Waals surface area contributed by atoms with E-state index in [0.29, 0.717) is 11.8 Å². The Balaban J connectivity index is 1.79. The Morgan fingerprint density at radius 2 is 1.81 bits per heavy atom. The van der Waals surface area contributed by atoms with Crippen LogP contribution in [0.1, 0.15) is 37.8 Å². The third-order valence-electron chi connectivity index (χ3n) is 5.00. The van der Waals surface area contributed by atoms with E-state index >= 15 is 0 Å². The van der Waals surface area contributed by atoms with E-state index in [1.807, 2.05) is 36.8 Å². The number of unbranched alkanes of at least 4 members (excludes halogenated alkanes) is 1. The largest absolute Gasteiger partial charge is 0.508 e. The van der Waals surface area contributed by atoms with Crippen molar-refractivity contribution in [1.29, 1.82) is 0 Å². The van der Waals surface area contributed by atoms with Crippen LogP contribution >= 0.6 is 0 Å². The molecule has 4 rings (SSSR count). The molecule has 1 atom stereocenters. The number of para-hydroxylation sites is 1. The predicted octanol–water partition coefficient (Wildman–Crippen LogP) is 5.26. The van der Waals surface area contributed by atoms with Gasteiger partial charge in [0.25, 0.3) is 0 Å². The summed E-state index contributed by atoms with van der Waals surface area (Å²) in [4.78, 5) is 9.15. The molecule has 132 valence electrons. The molecule has 4 aromatic rings. The average molecular weight is 345 g/mol. The summed E-state index contributed by atoms with van der Waals surface area (Å²) in [6.07, 6.45) is 8.18. The molecule has 0 radical (unpaired) electrons. The maximum atomic E-state index is 9.55. The molecule has 4 nitrogen and oxygen atoms in total. The van der Waals surface area contributed by atoms with Gasteiger partial charge in [0.1, 0.15) is 11.3 Å². The van der Waals surface area contributed by atoms with E-state index in [4.69, 9.17) is 0 Å². The standard InChI is InChI=1S/C22H23N3O/c1-2-3-6-17(13-16-9-11-18(26)12-10-16)25-15-24-21-14-23-20-8-5-4-7-19(20)22(21)25/h4-5,7-12,14-15,17,26H,2-3,6,13H2,1H3/t17-/m1/s1. The molecule has 0 aliphatic rings. The van der Waals surface area contributed by atoms with E-state index < -0.39 is 0 Å². The Morgan fingerprint density at radius 3 is 2.62 bits per heavy atom. The van der Waals surface area contributed by atoms with Crippen LogP contribution in [0.4, 0.5) is 0 Å². The van der Waals surface area contributed by atoms with Gasteiger partial charge < -0.3 is 9.67 Å². The summed E-state index contributed by atoms with van der Waals surface area (Å²) in [5, 5.41) is 10.7. The van der Waals surface area contributed by atoms with Gasteiger partial charge in [0, 0.05) is 11.4 Å². The third-order valence-corrected chi connectivity index (χ3v) is 5.00. The molecule has 26 heavy (non-hydrogen) atoms. The van der Waals surface area contributed by atoms with Crippen LogP contribution < -0.4 is 0 Å². The maximum Gasteiger partial charge on any atom is 0.115 e. The summed E-state index contributed by atoms with van der Waals surface area (Å²) in [7, 11) is 0. The smallest absolute Gasteiger partial charge is 0.115 e. The summed E-state index contributed by atoms with van der Waals surface area (Å²) in [5.41, 5.74) is 4.33. The number of aromatic nitrogens is 3. The Bertz CT molecular complexity index is 1020. The van der Waals surface area contributed by atoms with Gasteiger partial charge >= 0.3 is 0 Å². The average Bonchev–Trinajstić information content (AvgIpc) is 3.11. The number of hydrogen-bond acceptors (Lipinski definition) is 3. The van der Waals surface area contributed by atoms with Crippen molar-refractivity contribution in [3.8, 4) is 5.75 Å². The van der Waals surface area contributed by atoms with Gasteiger partial charge in [-0.15, -0.1) is 0 Å². The normalized spacial score (nSPS) is 12.7. The first kappa shape index (κ1) is 16.6. The van der Waals surface area contributed by atoms with Crippen LogP contribution in [0.2, 0.25) is 0 Å². The van der Waals surface area contributed by atoms with Crippen molar-refractivity contribution in [1.82, 2.24) is 14.5 Å². The van der Waals surface area contributed by atoms with Crippen LogP contribution in [0.25, 0.3) is 21.9 Å². The molecule has 1 N–H and O–H groups in total. The second kappa shape index (κ2) is 7.16. The number of fused-ring (bicyclic) bond motifs is 3. The first-order valence-electron chi connectivity index (χ1n) is 9.24. The quantitative estimate of drug-likeness (QED) is 0.518.